The van der Waals surface area contributed by atoms with E-state index in [4.69, 9.17) is 4.42 Å². The van der Waals surface area contributed by atoms with Crippen molar-refractivity contribution in [2.24, 2.45) is 0 Å². The molecule has 0 unspecified atom stereocenters. The largest absolute Gasteiger partial charge is 0.465 e. The highest BCUT2D eigenvalue weighted by atomic mass is 16.3. The summed E-state index contributed by atoms with van der Waals surface area (Å²) in [5.41, 5.74) is 1.25. The first-order valence-corrected chi connectivity index (χ1v) is 5.79. The minimum absolute atomic E-state index is 0.00408. The average Bonchev–Trinajstić information content (AvgIpc) is 2.90. The van der Waals surface area contributed by atoms with Crippen molar-refractivity contribution in [3.05, 3.63) is 60.1 Å². The van der Waals surface area contributed by atoms with Crippen LogP contribution in [0.5, 0.6) is 0 Å². The summed E-state index contributed by atoms with van der Waals surface area (Å²) in [5, 5.41) is 2.69. The number of benzene rings is 1. The zero-order valence-electron chi connectivity index (χ0n) is 10.4. The van der Waals surface area contributed by atoms with Gasteiger partial charge in [0.2, 0.25) is 5.91 Å². The van der Waals surface area contributed by atoms with Crippen LogP contribution in [-0.2, 0) is 4.79 Å². The number of hydrogen-bond donors (Lipinski definition) is 1. The molecule has 19 heavy (non-hydrogen) atoms. The smallest absolute Gasteiger partial charge is 0.248 e. The highest BCUT2D eigenvalue weighted by Crippen LogP contribution is 2.10. The lowest BCUT2D eigenvalue weighted by atomic mass is 10.1. The van der Waals surface area contributed by atoms with Gasteiger partial charge < -0.3 is 9.73 Å². The predicted molar refractivity (Wildman–Crippen MR) is 72.8 cm³/mol. The Morgan fingerprint density at radius 1 is 1.16 bits per heavy atom. The fourth-order valence-electron chi connectivity index (χ4n) is 1.52. The molecule has 0 aliphatic carbocycles. The molecule has 1 aromatic heterocycles. The van der Waals surface area contributed by atoms with Gasteiger partial charge in [-0.15, -0.1) is 0 Å². The quantitative estimate of drug-likeness (QED) is 0.674. The summed E-state index contributed by atoms with van der Waals surface area (Å²) in [7, 11) is 0. The van der Waals surface area contributed by atoms with Crippen LogP contribution in [0.4, 0.5) is 5.69 Å². The van der Waals surface area contributed by atoms with Crippen molar-refractivity contribution in [3.8, 4) is 0 Å². The molecule has 0 saturated heterocycles. The highest BCUT2D eigenvalue weighted by molar-refractivity contribution is 6.02. The Morgan fingerprint density at radius 3 is 2.47 bits per heavy atom. The third kappa shape index (κ3) is 3.67. The normalized spacial score (nSPS) is 10.6. The predicted octanol–water partition coefficient (Wildman–Crippen LogP) is 3.13. The van der Waals surface area contributed by atoms with Crippen molar-refractivity contribution in [3.63, 3.8) is 0 Å². The lowest BCUT2D eigenvalue weighted by Gasteiger charge is -2.02. The zero-order chi connectivity index (χ0) is 13.7. The maximum atomic E-state index is 11.6. The van der Waals surface area contributed by atoms with Gasteiger partial charge in [0.1, 0.15) is 5.76 Å². The number of anilines is 1. The van der Waals surface area contributed by atoms with Gasteiger partial charge in [0.05, 0.1) is 6.26 Å². The van der Waals surface area contributed by atoms with E-state index >= 15 is 0 Å². The van der Waals surface area contributed by atoms with Gasteiger partial charge in [-0.25, -0.2) is 0 Å². The Balaban J connectivity index is 1.97. The minimum atomic E-state index is -0.257. The maximum Gasteiger partial charge on any atom is 0.248 e. The van der Waals surface area contributed by atoms with E-state index in [1.165, 1.54) is 19.3 Å². The Morgan fingerprint density at radius 2 is 1.89 bits per heavy atom. The van der Waals surface area contributed by atoms with Crippen LogP contribution in [0.1, 0.15) is 23.0 Å². The Hall–Kier alpha value is -2.62. The lowest BCUT2D eigenvalue weighted by molar-refractivity contribution is -0.111. The number of Topliss-reactive ketones (excluding diaryl/α,β-unsaturated/α-hetero) is 1. The number of hydrogen-bond acceptors (Lipinski definition) is 3. The lowest BCUT2D eigenvalue weighted by Crippen LogP contribution is -2.07. The molecule has 4 nitrogen and oxygen atoms in total. The zero-order valence-corrected chi connectivity index (χ0v) is 10.4. The van der Waals surface area contributed by atoms with Crippen LogP contribution in [0.2, 0.25) is 0 Å². The second-order valence-electron chi connectivity index (χ2n) is 3.97. The van der Waals surface area contributed by atoms with Crippen molar-refractivity contribution in [1.29, 1.82) is 0 Å². The topological polar surface area (TPSA) is 59.3 Å². The average molecular weight is 255 g/mol. The molecule has 0 atom stereocenters. The van der Waals surface area contributed by atoms with Crippen molar-refractivity contribution < 1.29 is 14.0 Å². The summed E-state index contributed by atoms with van der Waals surface area (Å²) in [4.78, 5) is 22.7. The molecule has 2 rings (SSSR count). The van der Waals surface area contributed by atoms with Crippen LogP contribution >= 0.6 is 0 Å². The van der Waals surface area contributed by atoms with Crippen LogP contribution in [0.25, 0.3) is 6.08 Å². The molecule has 1 N–H and O–H groups in total. The molecule has 0 aliphatic heterocycles. The van der Waals surface area contributed by atoms with Gasteiger partial charge in [0.15, 0.2) is 5.78 Å². The summed E-state index contributed by atoms with van der Waals surface area (Å²) < 4.78 is 5.07. The summed E-state index contributed by atoms with van der Waals surface area (Å²) in [6.07, 6.45) is 4.51. The molecule has 0 aliphatic rings. The van der Waals surface area contributed by atoms with E-state index in [2.05, 4.69) is 5.32 Å². The first-order valence-electron chi connectivity index (χ1n) is 5.79. The van der Waals surface area contributed by atoms with E-state index in [0.717, 1.165) is 0 Å². The monoisotopic (exact) mass is 255 g/mol. The molecule has 4 heteroatoms. The number of carbonyl (C=O) groups excluding carboxylic acids is 2. The highest BCUT2D eigenvalue weighted by Gasteiger charge is 2.01. The summed E-state index contributed by atoms with van der Waals surface area (Å²) in [6.45, 7) is 1.50. The van der Waals surface area contributed by atoms with Gasteiger partial charge >= 0.3 is 0 Å². The van der Waals surface area contributed by atoms with Crippen molar-refractivity contribution in [2.45, 2.75) is 6.92 Å². The van der Waals surface area contributed by atoms with Gasteiger partial charge in [-0.2, -0.15) is 0 Å². The Kier molecular flexibility index (Phi) is 3.93. The fraction of sp³-hybridized carbons (Fsp3) is 0.0667. The first-order chi connectivity index (χ1) is 9.15. The number of ketones is 1. The van der Waals surface area contributed by atoms with E-state index < -0.39 is 0 Å². The van der Waals surface area contributed by atoms with Crippen LogP contribution < -0.4 is 5.32 Å². The molecule has 0 bridgehead atoms. The molecule has 0 fully saturated rings. The molecule has 1 aromatic carbocycles. The van der Waals surface area contributed by atoms with Gasteiger partial charge in [0.25, 0.3) is 0 Å². The van der Waals surface area contributed by atoms with Crippen LogP contribution in [-0.4, -0.2) is 11.7 Å². The second kappa shape index (κ2) is 5.82. The van der Waals surface area contributed by atoms with Gasteiger partial charge in [-0.3, -0.25) is 9.59 Å². The van der Waals surface area contributed by atoms with E-state index in [0.29, 0.717) is 17.0 Å². The summed E-state index contributed by atoms with van der Waals surface area (Å²) in [5.74, 6) is 0.352. The van der Waals surface area contributed by atoms with Gasteiger partial charge in [0, 0.05) is 17.3 Å². The molecule has 0 saturated carbocycles. The minimum Gasteiger partial charge on any atom is -0.465 e. The Labute approximate surface area is 110 Å². The van der Waals surface area contributed by atoms with Gasteiger partial charge in [-0.1, -0.05) is 0 Å². The molecule has 0 spiro atoms. The van der Waals surface area contributed by atoms with E-state index in [1.54, 1.807) is 42.5 Å². The number of nitrogens with one attached hydrogen (secondary N) is 1. The fourth-order valence-corrected chi connectivity index (χ4v) is 1.52. The summed E-state index contributed by atoms with van der Waals surface area (Å²) in [6, 6.07) is 10.2. The first kappa shape index (κ1) is 12.8. The second-order valence-corrected chi connectivity index (χ2v) is 3.97. The van der Waals surface area contributed by atoms with Crippen molar-refractivity contribution in [2.75, 3.05) is 5.32 Å². The van der Waals surface area contributed by atoms with Crippen LogP contribution in [0, 0.1) is 0 Å². The van der Waals surface area contributed by atoms with Crippen LogP contribution in [0.3, 0.4) is 0 Å². The molecule has 96 valence electrons. The van der Waals surface area contributed by atoms with Crippen molar-refractivity contribution >= 4 is 23.5 Å². The number of rotatable bonds is 4. The van der Waals surface area contributed by atoms with E-state index in [9.17, 15) is 9.59 Å². The molecular weight excluding hydrogens is 242 g/mol. The number of furan rings is 1. The SMILES string of the molecule is CC(=O)c1ccc(NC(=O)C=Cc2ccco2)cc1. The van der Waals surface area contributed by atoms with E-state index in [1.807, 2.05) is 0 Å². The van der Waals surface area contributed by atoms with Crippen LogP contribution in [0.15, 0.2) is 53.2 Å². The van der Waals surface area contributed by atoms with E-state index in [-0.39, 0.29) is 11.7 Å². The molecule has 2 aromatic rings. The number of amides is 1. The molecule has 1 heterocycles. The van der Waals surface area contributed by atoms with Gasteiger partial charge in [-0.05, 0) is 49.4 Å². The number of carbonyl (C=O) groups is 2. The third-order valence-corrected chi connectivity index (χ3v) is 2.50. The maximum absolute atomic E-state index is 11.6. The molecular formula is C15H13NO3. The standard InChI is InChI=1S/C15H13NO3/c1-11(17)12-4-6-13(7-5-12)16-15(18)9-8-14-3-2-10-19-14/h2-10H,1H3,(H,16,18). The Bertz CT molecular complexity index is 595. The molecule has 1 amide bonds. The van der Waals surface area contributed by atoms with Crippen molar-refractivity contribution in [1.82, 2.24) is 0 Å². The summed E-state index contributed by atoms with van der Waals surface area (Å²) >= 11 is 0. The third-order valence-electron chi connectivity index (χ3n) is 2.50. The molecule has 0 radical (unpaired) electrons.